The standard InChI is InChI=1S/C33H63NO3/c1-6-9-12-13-14-15-16-17-18-19-20-21-22-23-26-36-31-27-30(32(35)33(37-31)29(4)5)28-34(24-10-7-2)25-11-8-3/h27,29,31,33H,6-26,28H2,1-5H3. The van der Waals surface area contributed by atoms with Crippen LogP contribution in [0.3, 0.4) is 0 Å². The summed E-state index contributed by atoms with van der Waals surface area (Å²) in [5.41, 5.74) is 0.892. The SMILES string of the molecule is CCCCCCCCCCCCCCCCOC1C=C(CN(CCCC)CCCC)C(=O)C(C(C)C)O1. The first-order valence-corrected chi connectivity index (χ1v) is 16.3. The predicted molar refractivity (Wildman–Crippen MR) is 159 cm³/mol. The first-order valence-electron chi connectivity index (χ1n) is 16.3. The van der Waals surface area contributed by atoms with Crippen molar-refractivity contribution in [3.63, 3.8) is 0 Å². The van der Waals surface area contributed by atoms with Gasteiger partial charge < -0.3 is 9.47 Å². The summed E-state index contributed by atoms with van der Waals surface area (Å²) in [5, 5.41) is 0. The number of ketones is 1. The number of carbonyl (C=O) groups is 1. The molecule has 0 N–H and O–H groups in total. The molecule has 2 unspecified atom stereocenters. The van der Waals surface area contributed by atoms with Crippen molar-refractivity contribution in [2.75, 3.05) is 26.2 Å². The molecule has 0 aromatic rings. The van der Waals surface area contributed by atoms with Crippen LogP contribution in [0.1, 0.15) is 150 Å². The highest BCUT2D eigenvalue weighted by Crippen LogP contribution is 2.24. The van der Waals surface area contributed by atoms with E-state index in [9.17, 15) is 4.79 Å². The van der Waals surface area contributed by atoms with Gasteiger partial charge >= 0.3 is 0 Å². The summed E-state index contributed by atoms with van der Waals surface area (Å²) in [6.07, 6.45) is 24.9. The summed E-state index contributed by atoms with van der Waals surface area (Å²) in [5.74, 6) is 0.312. The molecule has 0 spiro atoms. The average Bonchev–Trinajstić information content (AvgIpc) is 2.89. The van der Waals surface area contributed by atoms with Crippen molar-refractivity contribution in [1.29, 1.82) is 0 Å². The van der Waals surface area contributed by atoms with E-state index in [1.807, 2.05) is 6.08 Å². The summed E-state index contributed by atoms with van der Waals surface area (Å²) in [7, 11) is 0. The molecule has 4 nitrogen and oxygen atoms in total. The lowest BCUT2D eigenvalue weighted by molar-refractivity contribution is -0.171. The average molecular weight is 522 g/mol. The number of rotatable bonds is 25. The molecule has 0 fully saturated rings. The van der Waals surface area contributed by atoms with E-state index >= 15 is 0 Å². The molecule has 0 bridgehead atoms. The number of hydrogen-bond donors (Lipinski definition) is 0. The van der Waals surface area contributed by atoms with Crippen LogP contribution in [0.15, 0.2) is 11.6 Å². The van der Waals surface area contributed by atoms with Gasteiger partial charge in [0.25, 0.3) is 0 Å². The molecule has 1 aliphatic rings. The fraction of sp³-hybridized carbons (Fsp3) is 0.909. The molecular weight excluding hydrogens is 458 g/mol. The van der Waals surface area contributed by atoms with Crippen molar-refractivity contribution in [3.05, 3.63) is 11.6 Å². The maximum absolute atomic E-state index is 13.1. The van der Waals surface area contributed by atoms with Crippen molar-refractivity contribution in [3.8, 4) is 0 Å². The summed E-state index contributed by atoms with van der Waals surface area (Å²) < 4.78 is 12.2. The molecule has 0 radical (unpaired) electrons. The van der Waals surface area contributed by atoms with Crippen LogP contribution in [0.2, 0.25) is 0 Å². The highest BCUT2D eigenvalue weighted by atomic mass is 16.7. The quantitative estimate of drug-likeness (QED) is 0.112. The normalized spacial score (nSPS) is 18.2. The van der Waals surface area contributed by atoms with Crippen LogP contribution < -0.4 is 0 Å². The number of unbranched alkanes of at least 4 members (excludes halogenated alkanes) is 15. The van der Waals surface area contributed by atoms with E-state index in [4.69, 9.17) is 9.47 Å². The smallest absolute Gasteiger partial charge is 0.189 e. The van der Waals surface area contributed by atoms with Gasteiger partial charge in [-0.15, -0.1) is 0 Å². The Bertz CT molecular complexity index is 566. The van der Waals surface area contributed by atoms with Crippen LogP contribution in [0.4, 0.5) is 0 Å². The van der Waals surface area contributed by atoms with E-state index in [1.165, 1.54) is 109 Å². The van der Waals surface area contributed by atoms with Gasteiger partial charge in [-0.05, 0) is 44.3 Å². The Morgan fingerprint density at radius 3 is 1.65 bits per heavy atom. The van der Waals surface area contributed by atoms with Gasteiger partial charge in [0, 0.05) is 12.1 Å². The van der Waals surface area contributed by atoms with Gasteiger partial charge in [-0.3, -0.25) is 9.69 Å². The van der Waals surface area contributed by atoms with E-state index in [1.54, 1.807) is 0 Å². The van der Waals surface area contributed by atoms with Gasteiger partial charge in [0.15, 0.2) is 12.1 Å². The fourth-order valence-electron chi connectivity index (χ4n) is 5.12. The first kappa shape index (κ1) is 34.3. The van der Waals surface area contributed by atoms with Crippen LogP contribution in [0.5, 0.6) is 0 Å². The third-order valence-corrected chi connectivity index (χ3v) is 7.63. The Labute approximate surface area is 231 Å². The van der Waals surface area contributed by atoms with Gasteiger partial charge in [0.2, 0.25) is 0 Å². The molecule has 0 amide bonds. The number of Topliss-reactive ketones (excluding diaryl/α,β-unsaturated/α-hetero) is 1. The number of carbonyl (C=O) groups excluding carboxylic acids is 1. The van der Waals surface area contributed by atoms with Gasteiger partial charge in [0.1, 0.15) is 6.10 Å². The highest BCUT2D eigenvalue weighted by molar-refractivity contribution is 6.00. The van der Waals surface area contributed by atoms with Crippen molar-refractivity contribution >= 4 is 5.78 Å². The lowest BCUT2D eigenvalue weighted by Gasteiger charge is -2.32. The maximum Gasteiger partial charge on any atom is 0.189 e. The van der Waals surface area contributed by atoms with Gasteiger partial charge in [-0.2, -0.15) is 0 Å². The van der Waals surface area contributed by atoms with Crippen molar-refractivity contribution in [2.45, 2.75) is 163 Å². The third kappa shape index (κ3) is 16.8. The van der Waals surface area contributed by atoms with Crippen molar-refractivity contribution in [2.24, 2.45) is 5.92 Å². The second-order valence-corrected chi connectivity index (χ2v) is 11.7. The fourth-order valence-corrected chi connectivity index (χ4v) is 5.12. The minimum atomic E-state index is -0.388. The second kappa shape index (κ2) is 23.2. The monoisotopic (exact) mass is 521 g/mol. The maximum atomic E-state index is 13.1. The van der Waals surface area contributed by atoms with E-state index in [0.29, 0.717) is 6.61 Å². The van der Waals surface area contributed by atoms with Crippen LogP contribution >= 0.6 is 0 Å². The zero-order valence-corrected chi connectivity index (χ0v) is 25.5. The molecule has 218 valence electrons. The summed E-state index contributed by atoms with van der Waals surface area (Å²) >= 11 is 0. The van der Waals surface area contributed by atoms with Crippen molar-refractivity contribution in [1.82, 2.24) is 4.90 Å². The molecule has 0 aliphatic carbocycles. The zero-order valence-electron chi connectivity index (χ0n) is 25.5. The summed E-state index contributed by atoms with van der Waals surface area (Å²) in [6.45, 7) is 14.4. The number of nitrogens with zero attached hydrogens (tertiary/aromatic N) is 1. The van der Waals surface area contributed by atoms with Crippen LogP contribution in [-0.2, 0) is 14.3 Å². The Morgan fingerprint density at radius 1 is 0.730 bits per heavy atom. The van der Waals surface area contributed by atoms with Crippen LogP contribution in [0.25, 0.3) is 0 Å². The van der Waals surface area contributed by atoms with Gasteiger partial charge in [0.05, 0.1) is 6.61 Å². The van der Waals surface area contributed by atoms with E-state index in [-0.39, 0.29) is 24.1 Å². The Kier molecular flexibility index (Phi) is 21.5. The molecule has 0 aromatic carbocycles. The lowest BCUT2D eigenvalue weighted by atomic mass is 9.94. The third-order valence-electron chi connectivity index (χ3n) is 7.63. The molecular formula is C33H63NO3. The number of ether oxygens (including phenoxy) is 2. The molecule has 4 heteroatoms. The molecule has 1 aliphatic heterocycles. The molecule has 2 atom stereocenters. The highest BCUT2D eigenvalue weighted by Gasteiger charge is 2.34. The Morgan fingerprint density at radius 2 is 1.19 bits per heavy atom. The van der Waals surface area contributed by atoms with Crippen molar-refractivity contribution < 1.29 is 14.3 Å². The molecule has 1 heterocycles. The molecule has 1 rings (SSSR count). The summed E-state index contributed by atoms with van der Waals surface area (Å²) in [6, 6.07) is 0. The first-order chi connectivity index (χ1) is 18.0. The van der Waals surface area contributed by atoms with E-state index in [2.05, 4.69) is 39.5 Å². The van der Waals surface area contributed by atoms with Gasteiger partial charge in [-0.1, -0.05) is 131 Å². The minimum Gasteiger partial charge on any atom is -0.349 e. The largest absolute Gasteiger partial charge is 0.349 e. The molecule has 37 heavy (non-hydrogen) atoms. The van der Waals surface area contributed by atoms with Crippen LogP contribution in [-0.4, -0.2) is 49.3 Å². The summed E-state index contributed by atoms with van der Waals surface area (Å²) in [4.78, 5) is 15.6. The minimum absolute atomic E-state index is 0.156. The molecule has 0 aromatic heterocycles. The van der Waals surface area contributed by atoms with E-state index in [0.717, 1.165) is 31.6 Å². The topological polar surface area (TPSA) is 38.8 Å². The van der Waals surface area contributed by atoms with E-state index < -0.39 is 0 Å². The Balaban J connectivity index is 2.29. The predicted octanol–water partition coefficient (Wildman–Crippen LogP) is 9.26. The second-order valence-electron chi connectivity index (χ2n) is 11.7. The van der Waals surface area contributed by atoms with Crippen LogP contribution in [0, 0.1) is 5.92 Å². The molecule has 0 saturated carbocycles. The molecule has 0 saturated heterocycles. The van der Waals surface area contributed by atoms with Gasteiger partial charge in [-0.25, -0.2) is 0 Å². The lowest BCUT2D eigenvalue weighted by Crippen LogP contribution is -2.42. The number of hydrogen-bond acceptors (Lipinski definition) is 4. The zero-order chi connectivity index (χ0) is 27.1. The Hall–Kier alpha value is -0.710.